The van der Waals surface area contributed by atoms with Gasteiger partial charge in [0.2, 0.25) is 5.96 Å². The van der Waals surface area contributed by atoms with Crippen LogP contribution in [0, 0.1) is 12.8 Å². The highest BCUT2D eigenvalue weighted by atomic mass is 15.3. The zero-order valence-corrected chi connectivity index (χ0v) is 10.7. The van der Waals surface area contributed by atoms with Crippen LogP contribution in [0.1, 0.15) is 25.2 Å². The number of nitrogens with one attached hydrogen (secondary N) is 2. The Kier molecular flexibility index (Phi) is 5.42. The molecule has 0 aliphatic carbocycles. The van der Waals surface area contributed by atoms with Gasteiger partial charge in [-0.3, -0.25) is 10.4 Å². The van der Waals surface area contributed by atoms with Gasteiger partial charge in [0.1, 0.15) is 0 Å². The van der Waals surface area contributed by atoms with Crippen LogP contribution in [0.2, 0.25) is 0 Å². The molecule has 5 heteroatoms. The van der Waals surface area contributed by atoms with Gasteiger partial charge in [0, 0.05) is 12.2 Å². The molecule has 0 spiro atoms. The van der Waals surface area contributed by atoms with Gasteiger partial charge in [0.05, 0.1) is 12.2 Å². The number of hydrogen-bond acceptors (Lipinski definition) is 3. The Morgan fingerprint density at radius 3 is 2.82 bits per heavy atom. The van der Waals surface area contributed by atoms with Crippen molar-refractivity contribution in [3.05, 3.63) is 29.6 Å². The molecule has 94 valence electrons. The molecule has 0 aliphatic rings. The zero-order valence-electron chi connectivity index (χ0n) is 10.7. The summed E-state index contributed by atoms with van der Waals surface area (Å²) in [6.07, 6.45) is 0. The molecule has 1 heterocycles. The number of nitrogens with two attached hydrogens (primary N) is 1. The molecule has 1 rings (SSSR count). The number of hydrazine groups is 1. The smallest absolute Gasteiger partial charge is 0.206 e. The van der Waals surface area contributed by atoms with Crippen LogP contribution in [0.3, 0.4) is 0 Å². The van der Waals surface area contributed by atoms with E-state index in [1.54, 1.807) is 0 Å². The summed E-state index contributed by atoms with van der Waals surface area (Å²) in [7, 11) is 0. The van der Waals surface area contributed by atoms with E-state index in [1.165, 1.54) is 0 Å². The van der Waals surface area contributed by atoms with Crippen LogP contribution in [-0.4, -0.2) is 17.5 Å². The lowest BCUT2D eigenvalue weighted by Gasteiger charge is -2.10. The van der Waals surface area contributed by atoms with Gasteiger partial charge in [-0.2, -0.15) is 0 Å². The van der Waals surface area contributed by atoms with Crippen molar-refractivity contribution in [3.8, 4) is 0 Å². The normalized spacial score (nSPS) is 11.7. The molecule has 17 heavy (non-hydrogen) atoms. The topological polar surface area (TPSA) is 75.3 Å². The molecular formula is C12H21N5. The van der Waals surface area contributed by atoms with E-state index in [4.69, 9.17) is 5.84 Å². The molecular weight excluding hydrogens is 214 g/mol. The zero-order chi connectivity index (χ0) is 12.7. The third-order valence-electron chi connectivity index (χ3n) is 2.16. The number of aromatic nitrogens is 1. The Morgan fingerprint density at radius 1 is 1.47 bits per heavy atom. The van der Waals surface area contributed by atoms with Gasteiger partial charge in [0.25, 0.3) is 0 Å². The molecule has 0 saturated heterocycles. The van der Waals surface area contributed by atoms with Gasteiger partial charge >= 0.3 is 0 Å². The lowest BCUT2D eigenvalue weighted by molar-refractivity contribution is 0.615. The van der Waals surface area contributed by atoms with E-state index in [9.17, 15) is 0 Å². The standard InChI is InChI=1S/C12H21N5/c1-9(2)7-14-12(17-13)15-8-11-6-4-5-10(3)16-11/h4-6,9H,7-8,13H2,1-3H3,(H2,14,15,17). The lowest BCUT2D eigenvalue weighted by Crippen LogP contribution is -2.43. The van der Waals surface area contributed by atoms with Gasteiger partial charge in [-0.15, -0.1) is 0 Å². The first-order valence-corrected chi connectivity index (χ1v) is 5.79. The fraction of sp³-hybridized carbons (Fsp3) is 0.500. The van der Waals surface area contributed by atoms with E-state index < -0.39 is 0 Å². The van der Waals surface area contributed by atoms with Crippen molar-refractivity contribution in [2.75, 3.05) is 6.54 Å². The average molecular weight is 235 g/mol. The monoisotopic (exact) mass is 235 g/mol. The minimum Gasteiger partial charge on any atom is -0.355 e. The Morgan fingerprint density at radius 2 is 2.24 bits per heavy atom. The molecule has 0 amide bonds. The number of rotatable bonds is 4. The number of hydrogen-bond donors (Lipinski definition) is 3. The molecule has 0 bridgehead atoms. The summed E-state index contributed by atoms with van der Waals surface area (Å²) in [4.78, 5) is 8.70. The van der Waals surface area contributed by atoms with E-state index in [1.807, 2.05) is 25.1 Å². The van der Waals surface area contributed by atoms with Crippen molar-refractivity contribution in [2.45, 2.75) is 27.3 Å². The number of aryl methyl sites for hydroxylation is 1. The fourth-order valence-corrected chi connectivity index (χ4v) is 1.30. The van der Waals surface area contributed by atoms with Gasteiger partial charge in [0.15, 0.2) is 0 Å². The maximum absolute atomic E-state index is 5.39. The summed E-state index contributed by atoms with van der Waals surface area (Å²) < 4.78 is 0. The molecule has 4 N–H and O–H groups in total. The van der Waals surface area contributed by atoms with Crippen molar-refractivity contribution >= 4 is 5.96 Å². The van der Waals surface area contributed by atoms with E-state index in [2.05, 4.69) is 34.6 Å². The van der Waals surface area contributed by atoms with Crippen LogP contribution < -0.4 is 16.6 Å². The molecule has 0 radical (unpaired) electrons. The van der Waals surface area contributed by atoms with E-state index in [-0.39, 0.29) is 0 Å². The fourth-order valence-electron chi connectivity index (χ4n) is 1.30. The van der Waals surface area contributed by atoms with Crippen molar-refractivity contribution in [1.82, 2.24) is 15.7 Å². The minimum absolute atomic E-state index is 0.520. The summed E-state index contributed by atoms with van der Waals surface area (Å²) in [5, 5.41) is 3.14. The first-order valence-electron chi connectivity index (χ1n) is 5.79. The summed E-state index contributed by atoms with van der Waals surface area (Å²) >= 11 is 0. The average Bonchev–Trinajstić information content (AvgIpc) is 2.29. The van der Waals surface area contributed by atoms with Gasteiger partial charge < -0.3 is 5.32 Å². The first kappa shape index (κ1) is 13.4. The highest BCUT2D eigenvalue weighted by Crippen LogP contribution is 1.99. The molecule has 0 aromatic carbocycles. The Labute approximate surface area is 103 Å². The van der Waals surface area contributed by atoms with Crippen molar-refractivity contribution in [2.24, 2.45) is 16.8 Å². The molecule has 0 saturated carbocycles. The maximum atomic E-state index is 5.39. The molecule has 0 fully saturated rings. The van der Waals surface area contributed by atoms with Gasteiger partial charge in [-0.1, -0.05) is 19.9 Å². The maximum Gasteiger partial charge on any atom is 0.206 e. The second kappa shape index (κ2) is 6.85. The lowest BCUT2D eigenvalue weighted by atomic mass is 10.2. The van der Waals surface area contributed by atoms with E-state index >= 15 is 0 Å². The summed E-state index contributed by atoms with van der Waals surface area (Å²) in [6, 6.07) is 5.89. The number of aliphatic imine (C=N–C) groups is 1. The Bertz CT molecular complexity index is 373. The molecule has 0 atom stereocenters. The molecule has 1 aromatic heterocycles. The van der Waals surface area contributed by atoms with Crippen molar-refractivity contribution in [1.29, 1.82) is 0 Å². The van der Waals surface area contributed by atoms with Crippen LogP contribution in [0.15, 0.2) is 23.2 Å². The summed E-state index contributed by atoms with van der Waals surface area (Å²) in [5.74, 6) is 6.54. The van der Waals surface area contributed by atoms with Crippen LogP contribution >= 0.6 is 0 Å². The Hall–Kier alpha value is -1.62. The second-order valence-corrected chi connectivity index (χ2v) is 4.35. The predicted molar refractivity (Wildman–Crippen MR) is 70.3 cm³/mol. The van der Waals surface area contributed by atoms with Gasteiger partial charge in [-0.05, 0) is 25.0 Å². The SMILES string of the molecule is Cc1cccc(CN=C(NN)NCC(C)C)n1. The molecule has 1 aromatic rings. The van der Waals surface area contributed by atoms with Gasteiger partial charge in [-0.25, -0.2) is 10.8 Å². The first-order chi connectivity index (χ1) is 8.11. The number of nitrogens with zero attached hydrogens (tertiary/aromatic N) is 2. The van der Waals surface area contributed by atoms with Crippen molar-refractivity contribution in [3.63, 3.8) is 0 Å². The molecule has 5 nitrogen and oxygen atoms in total. The highest BCUT2D eigenvalue weighted by molar-refractivity contribution is 5.79. The Balaban J connectivity index is 2.55. The third kappa shape index (κ3) is 5.31. The number of guanidine groups is 1. The predicted octanol–water partition coefficient (Wildman–Crippen LogP) is 0.955. The molecule has 0 unspecified atom stereocenters. The summed E-state index contributed by atoms with van der Waals surface area (Å²) in [6.45, 7) is 7.58. The minimum atomic E-state index is 0.520. The largest absolute Gasteiger partial charge is 0.355 e. The quantitative estimate of drug-likeness (QED) is 0.314. The second-order valence-electron chi connectivity index (χ2n) is 4.35. The van der Waals surface area contributed by atoms with E-state index in [0.29, 0.717) is 18.4 Å². The van der Waals surface area contributed by atoms with E-state index in [0.717, 1.165) is 17.9 Å². The van der Waals surface area contributed by atoms with Crippen LogP contribution in [-0.2, 0) is 6.54 Å². The van der Waals surface area contributed by atoms with Crippen LogP contribution in [0.25, 0.3) is 0 Å². The summed E-state index contributed by atoms with van der Waals surface area (Å²) in [5.41, 5.74) is 4.48. The third-order valence-corrected chi connectivity index (χ3v) is 2.16. The highest BCUT2D eigenvalue weighted by Gasteiger charge is 1.99. The van der Waals surface area contributed by atoms with Crippen LogP contribution in [0.4, 0.5) is 0 Å². The van der Waals surface area contributed by atoms with Crippen LogP contribution in [0.5, 0.6) is 0 Å². The number of pyridine rings is 1. The van der Waals surface area contributed by atoms with Crippen molar-refractivity contribution < 1.29 is 0 Å². The molecule has 0 aliphatic heterocycles.